The lowest BCUT2D eigenvalue weighted by atomic mass is 10.3. The Morgan fingerprint density at radius 2 is 2.47 bits per heavy atom. The van der Waals surface area contributed by atoms with Crippen LogP contribution < -0.4 is 10.6 Å². The maximum Gasteiger partial charge on any atom is 0.263 e. The molecule has 0 spiro atoms. The van der Waals surface area contributed by atoms with Crippen LogP contribution >= 0.6 is 0 Å². The fourth-order valence-electron chi connectivity index (χ4n) is 1.07. The highest BCUT2D eigenvalue weighted by Crippen LogP contribution is 1.99. The second-order valence-electron chi connectivity index (χ2n) is 3.13. The number of nitrogens with zero attached hydrogens (tertiary/aromatic N) is 1. The molecule has 0 fully saturated rings. The van der Waals surface area contributed by atoms with Crippen LogP contribution in [0.5, 0.6) is 0 Å². The number of hydrogen-bond acceptors (Lipinski definition) is 4. The van der Waals surface area contributed by atoms with Gasteiger partial charge in [0.05, 0.1) is 12.8 Å². The molecule has 0 aliphatic rings. The van der Waals surface area contributed by atoms with E-state index >= 15 is 0 Å². The van der Waals surface area contributed by atoms with E-state index in [-0.39, 0.29) is 12.1 Å². The normalized spacial score (nSPS) is 10.4. The Hall–Kier alpha value is -2.48. The summed E-state index contributed by atoms with van der Waals surface area (Å²) in [6, 6.07) is 5.28. The van der Waals surface area contributed by atoms with Crippen LogP contribution in [0.25, 0.3) is 0 Å². The zero-order valence-electron chi connectivity index (χ0n) is 9.27. The molecular weight excluding hydrogens is 218 g/mol. The first-order chi connectivity index (χ1) is 8.27. The summed E-state index contributed by atoms with van der Waals surface area (Å²) in [5, 5.41) is 14.1. The molecule has 0 aliphatic heterocycles. The minimum Gasteiger partial charge on any atom is -0.467 e. The molecule has 0 radical (unpaired) electrons. The van der Waals surface area contributed by atoms with Crippen molar-refractivity contribution in [3.8, 4) is 6.07 Å². The van der Waals surface area contributed by atoms with Crippen LogP contribution in [0.15, 0.2) is 47.2 Å². The Bertz CT molecular complexity index is 441. The molecule has 1 rings (SSSR count). The molecule has 1 aromatic rings. The van der Waals surface area contributed by atoms with Gasteiger partial charge in [-0.25, -0.2) is 0 Å². The van der Waals surface area contributed by atoms with Crippen LogP contribution in [0, 0.1) is 11.3 Å². The molecule has 1 heterocycles. The molecule has 0 aliphatic carbocycles. The van der Waals surface area contributed by atoms with E-state index in [0.717, 1.165) is 0 Å². The molecule has 1 amide bonds. The van der Waals surface area contributed by atoms with E-state index in [2.05, 4.69) is 17.2 Å². The fraction of sp³-hybridized carbons (Fsp3) is 0.167. The predicted octanol–water partition coefficient (Wildman–Crippen LogP) is 1.08. The van der Waals surface area contributed by atoms with E-state index in [1.807, 2.05) is 6.07 Å². The number of carbonyl (C=O) groups excluding carboxylic acids is 1. The SMILES string of the molecule is C=CCN/C=C(/C#N)C(=O)NCc1ccco1. The molecule has 0 saturated carbocycles. The monoisotopic (exact) mass is 231 g/mol. The first-order valence-electron chi connectivity index (χ1n) is 5.03. The van der Waals surface area contributed by atoms with Crippen LogP contribution in [0.4, 0.5) is 0 Å². The summed E-state index contributed by atoms with van der Waals surface area (Å²) in [5.41, 5.74) is 0.0124. The van der Waals surface area contributed by atoms with Crippen LogP contribution in [-0.4, -0.2) is 12.5 Å². The standard InChI is InChI=1S/C12H13N3O2/c1-2-5-14-8-10(7-13)12(16)15-9-11-4-3-6-17-11/h2-4,6,8,14H,1,5,9H2,(H,15,16)/b10-8-. The van der Waals surface area contributed by atoms with E-state index in [1.54, 1.807) is 18.2 Å². The van der Waals surface area contributed by atoms with Gasteiger partial charge in [0.2, 0.25) is 0 Å². The van der Waals surface area contributed by atoms with E-state index in [9.17, 15) is 4.79 Å². The van der Waals surface area contributed by atoms with Gasteiger partial charge in [-0.3, -0.25) is 4.79 Å². The van der Waals surface area contributed by atoms with Gasteiger partial charge in [0.15, 0.2) is 0 Å². The minimum absolute atomic E-state index is 0.0124. The molecule has 88 valence electrons. The third kappa shape index (κ3) is 4.26. The van der Waals surface area contributed by atoms with Gasteiger partial charge in [-0.2, -0.15) is 5.26 Å². The third-order valence-electron chi connectivity index (χ3n) is 1.88. The first-order valence-corrected chi connectivity index (χ1v) is 5.03. The molecule has 0 bridgehead atoms. The van der Waals surface area contributed by atoms with Gasteiger partial charge < -0.3 is 15.1 Å². The lowest BCUT2D eigenvalue weighted by Crippen LogP contribution is -2.25. The maximum atomic E-state index is 11.6. The Morgan fingerprint density at radius 1 is 1.65 bits per heavy atom. The number of rotatable bonds is 6. The van der Waals surface area contributed by atoms with Crippen molar-refractivity contribution in [1.29, 1.82) is 5.26 Å². The van der Waals surface area contributed by atoms with Crippen molar-refractivity contribution in [2.45, 2.75) is 6.54 Å². The molecule has 0 saturated heterocycles. The molecule has 5 heteroatoms. The van der Waals surface area contributed by atoms with Crippen LogP contribution in [0.1, 0.15) is 5.76 Å². The molecule has 1 aromatic heterocycles. The number of nitriles is 1. The van der Waals surface area contributed by atoms with Crippen molar-refractivity contribution in [3.05, 3.63) is 48.6 Å². The third-order valence-corrected chi connectivity index (χ3v) is 1.88. The van der Waals surface area contributed by atoms with E-state index in [1.165, 1.54) is 12.5 Å². The highest BCUT2D eigenvalue weighted by molar-refractivity contribution is 5.97. The van der Waals surface area contributed by atoms with Gasteiger partial charge in [-0.05, 0) is 12.1 Å². The van der Waals surface area contributed by atoms with Gasteiger partial charge in [-0.1, -0.05) is 6.08 Å². The Kier molecular flexibility index (Phi) is 5.11. The topological polar surface area (TPSA) is 78.1 Å². The zero-order chi connectivity index (χ0) is 12.5. The van der Waals surface area contributed by atoms with E-state index in [0.29, 0.717) is 12.3 Å². The van der Waals surface area contributed by atoms with Crippen LogP contribution in [-0.2, 0) is 11.3 Å². The Morgan fingerprint density at radius 3 is 3.06 bits per heavy atom. The second kappa shape index (κ2) is 6.90. The molecule has 5 nitrogen and oxygen atoms in total. The number of nitrogens with one attached hydrogen (secondary N) is 2. The maximum absolute atomic E-state index is 11.6. The van der Waals surface area contributed by atoms with Crippen LogP contribution in [0.2, 0.25) is 0 Å². The lowest BCUT2D eigenvalue weighted by molar-refractivity contribution is -0.117. The van der Waals surface area contributed by atoms with E-state index < -0.39 is 5.91 Å². The Labute approximate surface area is 99.4 Å². The van der Waals surface area contributed by atoms with Gasteiger partial charge in [-0.15, -0.1) is 6.58 Å². The number of hydrogen-bond donors (Lipinski definition) is 2. The molecular formula is C12H13N3O2. The van der Waals surface area contributed by atoms with Crippen molar-refractivity contribution in [2.24, 2.45) is 0 Å². The van der Waals surface area contributed by atoms with Gasteiger partial charge >= 0.3 is 0 Å². The highest BCUT2D eigenvalue weighted by Gasteiger charge is 2.08. The summed E-state index contributed by atoms with van der Waals surface area (Å²) in [6.07, 6.45) is 4.51. The number of amides is 1. The van der Waals surface area contributed by atoms with Gasteiger partial charge in [0.25, 0.3) is 5.91 Å². The van der Waals surface area contributed by atoms with Crippen molar-refractivity contribution >= 4 is 5.91 Å². The Balaban J connectivity index is 2.47. The quantitative estimate of drug-likeness (QED) is 0.332. The molecule has 17 heavy (non-hydrogen) atoms. The summed E-state index contributed by atoms with van der Waals surface area (Å²) in [4.78, 5) is 11.6. The fourth-order valence-corrected chi connectivity index (χ4v) is 1.07. The lowest BCUT2D eigenvalue weighted by Gasteiger charge is -2.02. The highest BCUT2D eigenvalue weighted by atomic mass is 16.3. The second-order valence-corrected chi connectivity index (χ2v) is 3.13. The first kappa shape index (κ1) is 12.6. The van der Waals surface area contributed by atoms with Crippen molar-refractivity contribution in [2.75, 3.05) is 6.54 Å². The average molecular weight is 231 g/mol. The smallest absolute Gasteiger partial charge is 0.263 e. The summed E-state index contributed by atoms with van der Waals surface area (Å²) >= 11 is 0. The largest absolute Gasteiger partial charge is 0.467 e. The van der Waals surface area contributed by atoms with Crippen molar-refractivity contribution in [1.82, 2.24) is 10.6 Å². The average Bonchev–Trinajstić information content (AvgIpc) is 2.85. The van der Waals surface area contributed by atoms with Gasteiger partial charge in [0, 0.05) is 12.7 Å². The zero-order valence-corrected chi connectivity index (χ0v) is 9.27. The van der Waals surface area contributed by atoms with Crippen molar-refractivity contribution in [3.63, 3.8) is 0 Å². The molecule has 2 N–H and O–H groups in total. The molecule has 0 unspecified atom stereocenters. The molecule has 0 aromatic carbocycles. The number of furan rings is 1. The predicted molar refractivity (Wildman–Crippen MR) is 62.5 cm³/mol. The summed E-state index contributed by atoms with van der Waals surface area (Å²) in [5.74, 6) is 0.190. The van der Waals surface area contributed by atoms with Crippen LogP contribution in [0.3, 0.4) is 0 Å². The minimum atomic E-state index is -0.444. The molecule has 0 atom stereocenters. The number of carbonyl (C=O) groups is 1. The van der Waals surface area contributed by atoms with E-state index in [4.69, 9.17) is 9.68 Å². The van der Waals surface area contributed by atoms with Gasteiger partial charge in [0.1, 0.15) is 17.4 Å². The summed E-state index contributed by atoms with van der Waals surface area (Å²) in [6.45, 7) is 4.26. The summed E-state index contributed by atoms with van der Waals surface area (Å²) in [7, 11) is 0. The summed E-state index contributed by atoms with van der Waals surface area (Å²) < 4.78 is 5.05. The van der Waals surface area contributed by atoms with Crippen molar-refractivity contribution < 1.29 is 9.21 Å².